The van der Waals surface area contributed by atoms with Gasteiger partial charge in [0.25, 0.3) is 0 Å². The summed E-state index contributed by atoms with van der Waals surface area (Å²) in [6.07, 6.45) is 1.61. The van der Waals surface area contributed by atoms with E-state index in [2.05, 4.69) is 15.5 Å². The highest BCUT2D eigenvalue weighted by Gasteiger charge is 2.04. The van der Waals surface area contributed by atoms with E-state index in [1.165, 1.54) is 11.3 Å². The molecule has 0 spiro atoms. The first-order valence-corrected chi connectivity index (χ1v) is 7.00. The zero-order chi connectivity index (χ0) is 15.1. The summed E-state index contributed by atoms with van der Waals surface area (Å²) in [7, 11) is 1.57. The molecule has 1 N–H and O–H groups in total. The second-order valence-electron chi connectivity index (χ2n) is 4.01. The maximum Gasteiger partial charge on any atom is 0.203 e. The number of hydrogen-bond acceptors (Lipinski definition) is 7. The Labute approximate surface area is 126 Å². The lowest BCUT2D eigenvalue weighted by Crippen LogP contribution is -1.99. The van der Waals surface area contributed by atoms with Crippen LogP contribution in [-0.4, -0.2) is 24.9 Å². The fraction of sp³-hybridized carbons (Fsp3) is 0.214. The summed E-state index contributed by atoms with van der Waals surface area (Å²) < 4.78 is 10.5. The molecule has 0 bridgehead atoms. The standard InChI is InChI=1S/C14H14N4O2S/c1-10-9-21-14(17-10)18-16-8-11-3-4-12(19-2)7-13(11)20-6-5-15/h3-4,7-9H,6H2,1-2H3,(H,17,18). The molecule has 21 heavy (non-hydrogen) atoms. The molecule has 1 aromatic heterocycles. The van der Waals surface area contributed by atoms with Gasteiger partial charge in [0.15, 0.2) is 6.61 Å². The van der Waals surface area contributed by atoms with Crippen LogP contribution in [0.3, 0.4) is 0 Å². The molecule has 0 unspecified atom stereocenters. The molecular formula is C14H14N4O2S. The van der Waals surface area contributed by atoms with Crippen molar-refractivity contribution in [1.82, 2.24) is 4.98 Å². The number of anilines is 1. The number of thiazole rings is 1. The van der Waals surface area contributed by atoms with Crippen molar-refractivity contribution in [2.24, 2.45) is 5.10 Å². The molecule has 0 aliphatic carbocycles. The maximum atomic E-state index is 8.61. The molecule has 0 atom stereocenters. The maximum absolute atomic E-state index is 8.61. The van der Waals surface area contributed by atoms with Crippen LogP contribution in [-0.2, 0) is 0 Å². The SMILES string of the molecule is COc1ccc(C=NNc2nc(C)cs2)c(OCC#N)c1. The van der Waals surface area contributed by atoms with Gasteiger partial charge in [-0.15, -0.1) is 11.3 Å². The van der Waals surface area contributed by atoms with E-state index in [0.717, 1.165) is 16.4 Å². The van der Waals surface area contributed by atoms with E-state index in [1.807, 2.05) is 24.4 Å². The van der Waals surface area contributed by atoms with Crippen molar-refractivity contribution in [3.8, 4) is 17.6 Å². The molecule has 0 saturated carbocycles. The van der Waals surface area contributed by atoms with Gasteiger partial charge in [0.05, 0.1) is 19.0 Å². The zero-order valence-corrected chi connectivity index (χ0v) is 12.5. The van der Waals surface area contributed by atoms with Crippen molar-refractivity contribution in [3.63, 3.8) is 0 Å². The normalized spacial score (nSPS) is 10.3. The summed E-state index contributed by atoms with van der Waals surface area (Å²) in [6.45, 7) is 1.88. The van der Waals surface area contributed by atoms with Gasteiger partial charge in [0, 0.05) is 17.0 Å². The summed E-state index contributed by atoms with van der Waals surface area (Å²) in [5.74, 6) is 1.19. The summed E-state index contributed by atoms with van der Waals surface area (Å²) in [4.78, 5) is 4.24. The number of nitriles is 1. The van der Waals surface area contributed by atoms with Crippen LogP contribution in [0, 0.1) is 18.3 Å². The molecule has 2 rings (SSSR count). The second-order valence-corrected chi connectivity index (χ2v) is 4.87. The van der Waals surface area contributed by atoms with E-state index < -0.39 is 0 Å². The van der Waals surface area contributed by atoms with Gasteiger partial charge in [-0.05, 0) is 19.1 Å². The highest BCUT2D eigenvalue weighted by molar-refractivity contribution is 7.13. The van der Waals surface area contributed by atoms with Crippen molar-refractivity contribution in [2.75, 3.05) is 19.1 Å². The molecule has 2 aromatic rings. The number of rotatable bonds is 6. The van der Waals surface area contributed by atoms with Crippen molar-refractivity contribution in [2.45, 2.75) is 6.92 Å². The largest absolute Gasteiger partial charge is 0.497 e. The molecule has 1 heterocycles. The second kappa shape index (κ2) is 7.26. The molecule has 0 saturated heterocycles. The Kier molecular flexibility index (Phi) is 5.12. The fourth-order valence-corrected chi connectivity index (χ4v) is 2.18. The van der Waals surface area contributed by atoms with Gasteiger partial charge in [-0.1, -0.05) is 0 Å². The minimum absolute atomic E-state index is 0.0346. The minimum Gasteiger partial charge on any atom is -0.497 e. The van der Waals surface area contributed by atoms with E-state index in [9.17, 15) is 0 Å². The van der Waals surface area contributed by atoms with E-state index in [1.54, 1.807) is 25.5 Å². The van der Waals surface area contributed by atoms with Crippen LogP contribution < -0.4 is 14.9 Å². The third-order valence-electron chi connectivity index (χ3n) is 2.50. The smallest absolute Gasteiger partial charge is 0.203 e. The van der Waals surface area contributed by atoms with Crippen LogP contribution in [0.1, 0.15) is 11.3 Å². The number of methoxy groups -OCH3 is 1. The lowest BCUT2D eigenvalue weighted by molar-refractivity contribution is 0.361. The van der Waals surface area contributed by atoms with Crippen molar-refractivity contribution in [1.29, 1.82) is 5.26 Å². The van der Waals surface area contributed by atoms with Gasteiger partial charge in [-0.3, -0.25) is 5.43 Å². The lowest BCUT2D eigenvalue weighted by Gasteiger charge is -2.08. The molecule has 6 nitrogen and oxygen atoms in total. The highest BCUT2D eigenvalue weighted by atomic mass is 32.1. The predicted octanol–water partition coefficient (Wildman–Crippen LogP) is 2.81. The highest BCUT2D eigenvalue weighted by Crippen LogP contribution is 2.23. The number of hydrogen-bond donors (Lipinski definition) is 1. The molecule has 0 aliphatic rings. The van der Waals surface area contributed by atoms with E-state index in [-0.39, 0.29) is 6.61 Å². The predicted molar refractivity (Wildman–Crippen MR) is 82.2 cm³/mol. The Morgan fingerprint density at radius 3 is 3.05 bits per heavy atom. The van der Waals surface area contributed by atoms with Crippen LogP contribution in [0.25, 0.3) is 0 Å². The number of nitrogens with one attached hydrogen (secondary N) is 1. The van der Waals surface area contributed by atoms with Gasteiger partial charge in [-0.25, -0.2) is 4.98 Å². The van der Waals surface area contributed by atoms with Gasteiger partial charge in [0.2, 0.25) is 5.13 Å². The molecular weight excluding hydrogens is 288 g/mol. The van der Waals surface area contributed by atoms with E-state index in [4.69, 9.17) is 14.7 Å². The molecule has 108 valence electrons. The Morgan fingerprint density at radius 1 is 1.52 bits per heavy atom. The fourth-order valence-electron chi connectivity index (χ4n) is 1.55. The van der Waals surface area contributed by atoms with Crippen LogP contribution in [0.5, 0.6) is 11.5 Å². The van der Waals surface area contributed by atoms with Gasteiger partial charge < -0.3 is 9.47 Å². The van der Waals surface area contributed by atoms with Crippen LogP contribution in [0.2, 0.25) is 0 Å². The molecule has 0 radical (unpaired) electrons. The van der Waals surface area contributed by atoms with Crippen molar-refractivity contribution >= 4 is 22.7 Å². The average molecular weight is 302 g/mol. The summed E-state index contributed by atoms with van der Waals surface area (Å²) >= 11 is 1.48. The van der Waals surface area contributed by atoms with Crippen molar-refractivity contribution in [3.05, 3.63) is 34.8 Å². The first kappa shape index (κ1) is 14.8. The number of benzene rings is 1. The van der Waals surface area contributed by atoms with E-state index in [0.29, 0.717) is 11.5 Å². The lowest BCUT2D eigenvalue weighted by atomic mass is 10.2. The molecule has 1 aromatic carbocycles. The number of nitrogens with zero attached hydrogens (tertiary/aromatic N) is 3. The average Bonchev–Trinajstić information content (AvgIpc) is 2.91. The Morgan fingerprint density at radius 2 is 2.38 bits per heavy atom. The van der Waals surface area contributed by atoms with Gasteiger partial charge in [-0.2, -0.15) is 10.4 Å². The molecule has 0 fully saturated rings. The number of hydrazone groups is 1. The molecule has 0 aliphatic heterocycles. The monoisotopic (exact) mass is 302 g/mol. The topological polar surface area (TPSA) is 79.5 Å². The van der Waals surface area contributed by atoms with Gasteiger partial charge >= 0.3 is 0 Å². The summed E-state index contributed by atoms with van der Waals surface area (Å²) in [5.41, 5.74) is 4.54. The Hall–Kier alpha value is -2.59. The molecule has 7 heteroatoms. The van der Waals surface area contributed by atoms with Crippen LogP contribution >= 0.6 is 11.3 Å². The quantitative estimate of drug-likeness (QED) is 0.655. The third kappa shape index (κ3) is 4.19. The van der Waals surface area contributed by atoms with Crippen LogP contribution in [0.4, 0.5) is 5.13 Å². The van der Waals surface area contributed by atoms with Crippen LogP contribution in [0.15, 0.2) is 28.7 Å². The number of aromatic nitrogens is 1. The Bertz CT molecular complexity index is 676. The summed E-state index contributed by atoms with van der Waals surface area (Å²) in [5, 5.41) is 15.4. The minimum atomic E-state index is -0.0346. The molecule has 0 amide bonds. The third-order valence-corrected chi connectivity index (χ3v) is 3.36. The first-order chi connectivity index (χ1) is 10.2. The number of ether oxygens (including phenoxy) is 2. The van der Waals surface area contributed by atoms with E-state index >= 15 is 0 Å². The zero-order valence-electron chi connectivity index (χ0n) is 11.7. The number of aryl methyl sites for hydroxylation is 1. The first-order valence-electron chi connectivity index (χ1n) is 6.12. The Balaban J connectivity index is 2.12. The summed E-state index contributed by atoms with van der Waals surface area (Å²) in [6, 6.07) is 7.26. The van der Waals surface area contributed by atoms with Gasteiger partial charge in [0.1, 0.15) is 17.6 Å². The van der Waals surface area contributed by atoms with Crippen molar-refractivity contribution < 1.29 is 9.47 Å².